The van der Waals surface area contributed by atoms with E-state index >= 15 is 0 Å². The van der Waals surface area contributed by atoms with E-state index in [-0.39, 0.29) is 29.8 Å². The molecule has 2 aliphatic carbocycles. The lowest BCUT2D eigenvalue weighted by Gasteiger charge is -2.27. The molecule has 1 aliphatic heterocycles. The molecule has 3 aliphatic rings. The number of amides is 1. The van der Waals surface area contributed by atoms with Crippen molar-refractivity contribution in [3.8, 4) is 5.69 Å². The van der Waals surface area contributed by atoms with Crippen LogP contribution >= 0.6 is 0 Å². The maximum Gasteiger partial charge on any atom is 0.226 e. The first kappa shape index (κ1) is 22.6. The smallest absolute Gasteiger partial charge is 0.226 e. The number of nitrogens with zero attached hydrogens (tertiary/aromatic N) is 2. The fraction of sp³-hybridized carbons (Fsp3) is 0.630. The summed E-state index contributed by atoms with van der Waals surface area (Å²) in [5.41, 5.74) is 1.23. The molecule has 1 N–H and O–H groups in total. The fourth-order valence-corrected chi connectivity index (χ4v) is 6.26. The number of carbonyl (C=O) groups excluding carboxylic acids is 1. The van der Waals surface area contributed by atoms with Crippen molar-refractivity contribution in [1.82, 2.24) is 15.1 Å². The van der Waals surface area contributed by atoms with Crippen molar-refractivity contribution in [2.24, 2.45) is 17.8 Å². The quantitative estimate of drug-likeness (QED) is 0.555. The molecule has 1 saturated heterocycles. The molecule has 5 nitrogen and oxygen atoms in total. The number of para-hydroxylation sites is 1. The van der Waals surface area contributed by atoms with Gasteiger partial charge in [-0.05, 0) is 43.2 Å². The lowest BCUT2D eigenvalue weighted by Crippen LogP contribution is -2.41. The van der Waals surface area contributed by atoms with Crippen LogP contribution in [0.3, 0.4) is 0 Å². The summed E-state index contributed by atoms with van der Waals surface area (Å²) < 4.78 is 21.7. The second-order valence-electron chi connectivity index (χ2n) is 10.3. The number of aromatic nitrogens is 2. The predicted molar refractivity (Wildman–Crippen MR) is 125 cm³/mol. The molecule has 0 radical (unpaired) electrons. The zero-order valence-electron chi connectivity index (χ0n) is 19.4. The Morgan fingerprint density at radius 1 is 1.06 bits per heavy atom. The highest BCUT2D eigenvalue weighted by atomic mass is 19.1. The number of rotatable bonds is 8. The van der Waals surface area contributed by atoms with Crippen molar-refractivity contribution in [2.45, 2.75) is 82.8 Å². The summed E-state index contributed by atoms with van der Waals surface area (Å²) >= 11 is 0. The van der Waals surface area contributed by atoms with Gasteiger partial charge >= 0.3 is 0 Å². The van der Waals surface area contributed by atoms with Gasteiger partial charge in [-0.3, -0.25) is 4.79 Å². The standard InChI is InChI=1S/C27H36FN3O2/c28-24-11-5-6-12-25(24)31-18-21(17-29-31)26-23(13-14-33-26)27(32)30-22(15-19-7-1-2-8-19)16-20-9-3-4-10-20/h5-6,11-12,17-20,22-23,26H,1-4,7-10,13-16H2,(H,30,32). The summed E-state index contributed by atoms with van der Waals surface area (Å²) in [6, 6.07) is 6.84. The van der Waals surface area contributed by atoms with Gasteiger partial charge in [-0.25, -0.2) is 9.07 Å². The average molecular weight is 454 g/mol. The SMILES string of the molecule is O=C(NC(CC1CCCC1)CC1CCCC1)C1CCOC1c1cnn(-c2ccccc2F)c1. The van der Waals surface area contributed by atoms with E-state index in [1.54, 1.807) is 30.6 Å². The molecule has 0 bridgehead atoms. The number of benzene rings is 1. The second kappa shape index (κ2) is 10.4. The third-order valence-electron chi connectivity index (χ3n) is 7.99. The van der Waals surface area contributed by atoms with E-state index in [0.717, 1.165) is 30.2 Å². The number of halogens is 1. The van der Waals surface area contributed by atoms with Crippen molar-refractivity contribution >= 4 is 5.91 Å². The lowest BCUT2D eigenvalue weighted by molar-refractivity contribution is -0.127. The van der Waals surface area contributed by atoms with E-state index in [1.807, 2.05) is 0 Å². The van der Waals surface area contributed by atoms with Crippen LogP contribution in [0.2, 0.25) is 0 Å². The van der Waals surface area contributed by atoms with E-state index in [9.17, 15) is 9.18 Å². The third kappa shape index (κ3) is 5.32. The highest BCUT2D eigenvalue weighted by Crippen LogP contribution is 2.37. The van der Waals surface area contributed by atoms with E-state index < -0.39 is 0 Å². The minimum absolute atomic E-state index is 0.108. The van der Waals surface area contributed by atoms with Crippen LogP contribution < -0.4 is 5.32 Å². The molecule has 178 valence electrons. The lowest BCUT2D eigenvalue weighted by atomic mass is 9.89. The second-order valence-corrected chi connectivity index (χ2v) is 10.3. The Hall–Kier alpha value is -2.21. The zero-order chi connectivity index (χ0) is 22.6. The number of hydrogen-bond donors (Lipinski definition) is 1. The van der Waals surface area contributed by atoms with Gasteiger partial charge in [-0.15, -0.1) is 0 Å². The summed E-state index contributed by atoms with van der Waals surface area (Å²) in [4.78, 5) is 13.4. The summed E-state index contributed by atoms with van der Waals surface area (Å²) in [6.07, 6.45) is 16.7. The normalized spacial score (nSPS) is 24.2. The molecule has 2 unspecified atom stereocenters. The number of ether oxygens (including phenoxy) is 1. The van der Waals surface area contributed by atoms with Gasteiger partial charge in [-0.1, -0.05) is 63.5 Å². The third-order valence-corrected chi connectivity index (χ3v) is 7.99. The number of nitrogens with one attached hydrogen (secondary N) is 1. The Balaban J connectivity index is 1.27. The van der Waals surface area contributed by atoms with Gasteiger partial charge < -0.3 is 10.1 Å². The van der Waals surface area contributed by atoms with Gasteiger partial charge in [0.2, 0.25) is 5.91 Å². The monoisotopic (exact) mass is 453 g/mol. The maximum absolute atomic E-state index is 14.2. The van der Waals surface area contributed by atoms with E-state index in [0.29, 0.717) is 18.7 Å². The number of hydrogen-bond acceptors (Lipinski definition) is 3. The summed E-state index contributed by atoms with van der Waals surface area (Å²) in [7, 11) is 0. The maximum atomic E-state index is 14.2. The Morgan fingerprint density at radius 3 is 2.39 bits per heavy atom. The topological polar surface area (TPSA) is 56.1 Å². The molecule has 1 amide bonds. The molecule has 2 saturated carbocycles. The fourth-order valence-electron chi connectivity index (χ4n) is 6.26. The zero-order valence-corrected chi connectivity index (χ0v) is 19.4. The molecule has 3 fully saturated rings. The number of carbonyl (C=O) groups is 1. The molecule has 0 spiro atoms. The van der Waals surface area contributed by atoms with Gasteiger partial charge in [0, 0.05) is 24.4 Å². The molecule has 5 rings (SSSR count). The Labute approximate surface area is 196 Å². The Morgan fingerprint density at radius 2 is 1.73 bits per heavy atom. The van der Waals surface area contributed by atoms with Gasteiger partial charge in [0.25, 0.3) is 0 Å². The van der Waals surface area contributed by atoms with Crippen molar-refractivity contribution in [3.05, 3.63) is 48.0 Å². The summed E-state index contributed by atoms with van der Waals surface area (Å²) in [5.74, 6) is 1.07. The largest absolute Gasteiger partial charge is 0.373 e. The summed E-state index contributed by atoms with van der Waals surface area (Å²) in [5, 5.41) is 7.80. The molecule has 33 heavy (non-hydrogen) atoms. The molecule has 1 aromatic heterocycles. The molecule has 6 heteroatoms. The average Bonchev–Trinajstić information content (AvgIpc) is 3.61. The van der Waals surface area contributed by atoms with Crippen LogP contribution in [0.4, 0.5) is 4.39 Å². The van der Waals surface area contributed by atoms with Gasteiger partial charge in [0.15, 0.2) is 0 Å². The van der Waals surface area contributed by atoms with Crippen molar-refractivity contribution in [2.75, 3.05) is 6.61 Å². The first-order valence-electron chi connectivity index (χ1n) is 12.9. The van der Waals surface area contributed by atoms with E-state index in [4.69, 9.17) is 4.74 Å². The predicted octanol–water partition coefficient (Wildman–Crippen LogP) is 5.73. The van der Waals surface area contributed by atoms with Crippen LogP contribution in [0.1, 0.15) is 82.3 Å². The van der Waals surface area contributed by atoms with Gasteiger partial charge in [-0.2, -0.15) is 5.10 Å². The van der Waals surface area contributed by atoms with E-state index in [2.05, 4.69) is 10.4 Å². The first-order chi connectivity index (χ1) is 16.2. The minimum Gasteiger partial charge on any atom is -0.373 e. The van der Waals surface area contributed by atoms with Gasteiger partial charge in [0.05, 0.1) is 18.2 Å². The highest BCUT2D eigenvalue weighted by Gasteiger charge is 2.37. The highest BCUT2D eigenvalue weighted by molar-refractivity contribution is 5.80. The molecule has 2 atom stereocenters. The van der Waals surface area contributed by atoms with Crippen LogP contribution in [0.15, 0.2) is 36.7 Å². The Bertz CT molecular complexity index is 915. The minimum atomic E-state index is -0.330. The molecule has 2 aromatic rings. The Kier molecular flexibility index (Phi) is 7.10. The van der Waals surface area contributed by atoms with Gasteiger partial charge in [0.1, 0.15) is 11.5 Å². The molecular formula is C27H36FN3O2. The van der Waals surface area contributed by atoms with Crippen LogP contribution in [-0.4, -0.2) is 28.3 Å². The van der Waals surface area contributed by atoms with Crippen molar-refractivity contribution in [1.29, 1.82) is 0 Å². The molecule has 2 heterocycles. The van der Waals surface area contributed by atoms with Crippen LogP contribution in [0.25, 0.3) is 5.69 Å². The van der Waals surface area contributed by atoms with Crippen molar-refractivity contribution in [3.63, 3.8) is 0 Å². The summed E-state index contributed by atoms with van der Waals surface area (Å²) in [6.45, 7) is 0.559. The van der Waals surface area contributed by atoms with E-state index in [1.165, 1.54) is 62.1 Å². The molecular weight excluding hydrogens is 417 g/mol. The van der Waals surface area contributed by atoms with Crippen LogP contribution in [0.5, 0.6) is 0 Å². The van der Waals surface area contributed by atoms with Crippen LogP contribution in [-0.2, 0) is 9.53 Å². The molecule has 1 aromatic carbocycles. The first-order valence-corrected chi connectivity index (χ1v) is 12.9. The van der Waals surface area contributed by atoms with Crippen LogP contribution in [0, 0.1) is 23.6 Å². The van der Waals surface area contributed by atoms with Crippen molar-refractivity contribution < 1.29 is 13.9 Å².